The van der Waals surface area contributed by atoms with Crippen molar-refractivity contribution in [1.82, 2.24) is 4.90 Å². The number of hydrogen-bond donors (Lipinski definition) is 1. The van der Waals surface area contributed by atoms with Crippen molar-refractivity contribution in [3.8, 4) is 11.5 Å². The molecule has 0 bridgehead atoms. The zero-order chi connectivity index (χ0) is 25.2. The van der Waals surface area contributed by atoms with Gasteiger partial charge in [0, 0.05) is 12.1 Å². The normalized spacial score (nSPS) is 18.2. The second kappa shape index (κ2) is 9.58. The summed E-state index contributed by atoms with van der Waals surface area (Å²) in [5, 5.41) is 11.3. The minimum atomic E-state index is -0.870. The molecule has 8 heteroatoms. The number of ether oxygens (including phenoxy) is 3. The maximum Gasteiger partial charge on any atom is 0.337 e. The van der Waals surface area contributed by atoms with Crippen molar-refractivity contribution in [1.29, 1.82) is 0 Å². The van der Waals surface area contributed by atoms with E-state index in [-0.39, 0.29) is 17.9 Å². The average molecular weight is 485 g/mol. The lowest BCUT2D eigenvalue weighted by Gasteiger charge is -2.26. The van der Waals surface area contributed by atoms with Gasteiger partial charge in [-0.3, -0.25) is 9.59 Å². The van der Waals surface area contributed by atoms with Gasteiger partial charge in [0.25, 0.3) is 11.7 Å². The molecule has 0 spiro atoms. The molecule has 8 nitrogen and oxygen atoms in total. The number of carbonyl (C=O) groups excluding carboxylic acids is 3. The van der Waals surface area contributed by atoms with Crippen LogP contribution in [-0.2, 0) is 20.9 Å². The van der Waals surface area contributed by atoms with E-state index in [9.17, 15) is 19.5 Å². The molecule has 0 radical (unpaired) electrons. The molecule has 1 saturated heterocycles. The van der Waals surface area contributed by atoms with Gasteiger partial charge in [0.1, 0.15) is 19.0 Å². The molecule has 1 amide bonds. The Hall–Kier alpha value is -4.59. The van der Waals surface area contributed by atoms with Crippen LogP contribution < -0.4 is 9.47 Å². The fourth-order valence-electron chi connectivity index (χ4n) is 4.44. The number of aliphatic hydroxyl groups is 1. The predicted octanol–water partition coefficient (Wildman–Crippen LogP) is 3.87. The predicted molar refractivity (Wildman–Crippen MR) is 130 cm³/mol. The second-order valence-electron chi connectivity index (χ2n) is 8.38. The van der Waals surface area contributed by atoms with Gasteiger partial charge < -0.3 is 24.2 Å². The van der Waals surface area contributed by atoms with Gasteiger partial charge in [-0.1, -0.05) is 42.5 Å². The molecule has 0 aliphatic carbocycles. The maximum absolute atomic E-state index is 13.3. The van der Waals surface area contributed by atoms with E-state index in [2.05, 4.69) is 0 Å². The van der Waals surface area contributed by atoms with Gasteiger partial charge in [-0.05, 0) is 41.5 Å². The number of rotatable bonds is 5. The number of benzene rings is 3. The van der Waals surface area contributed by atoms with Gasteiger partial charge >= 0.3 is 5.97 Å². The van der Waals surface area contributed by atoms with Crippen LogP contribution in [0.15, 0.2) is 78.4 Å². The Kier molecular flexibility index (Phi) is 6.16. The van der Waals surface area contributed by atoms with E-state index in [0.29, 0.717) is 41.4 Å². The largest absolute Gasteiger partial charge is 0.507 e. The van der Waals surface area contributed by atoms with E-state index in [1.54, 1.807) is 42.5 Å². The van der Waals surface area contributed by atoms with Crippen LogP contribution in [0.25, 0.3) is 5.76 Å². The highest BCUT2D eigenvalue weighted by Crippen LogP contribution is 2.41. The number of hydrogen-bond acceptors (Lipinski definition) is 7. The fourth-order valence-corrected chi connectivity index (χ4v) is 4.44. The standard InChI is InChI=1S/C28H23NO7/c1-34-28(33)19-9-7-18(8-10-19)24-23(25(30)20-11-12-21-22(15-20)36-14-13-35-21)26(31)27(32)29(24)16-17-5-3-2-4-6-17/h2-12,15,24,30H,13-14,16H2,1H3/b25-23+. The summed E-state index contributed by atoms with van der Waals surface area (Å²) in [6, 6.07) is 19.7. The first kappa shape index (κ1) is 23.2. The van der Waals surface area contributed by atoms with Gasteiger partial charge in [0.15, 0.2) is 11.5 Å². The Balaban J connectivity index is 1.62. The number of methoxy groups -OCH3 is 1. The summed E-state index contributed by atoms with van der Waals surface area (Å²) in [7, 11) is 1.29. The molecule has 36 heavy (non-hydrogen) atoms. The topological polar surface area (TPSA) is 102 Å². The van der Waals surface area contributed by atoms with Crippen molar-refractivity contribution < 1.29 is 33.7 Å². The first-order chi connectivity index (χ1) is 17.5. The quantitative estimate of drug-likeness (QED) is 0.253. The first-order valence-electron chi connectivity index (χ1n) is 11.4. The number of fused-ring (bicyclic) bond motifs is 1. The Morgan fingerprint density at radius 3 is 2.31 bits per heavy atom. The third kappa shape index (κ3) is 4.17. The average Bonchev–Trinajstić information content (AvgIpc) is 3.17. The first-order valence-corrected chi connectivity index (χ1v) is 11.4. The highest BCUT2D eigenvalue weighted by Gasteiger charge is 2.46. The van der Waals surface area contributed by atoms with Crippen LogP contribution in [0, 0.1) is 0 Å². The molecule has 5 rings (SSSR count). The number of aliphatic hydroxyl groups excluding tert-OH is 1. The van der Waals surface area contributed by atoms with Crippen LogP contribution in [0.2, 0.25) is 0 Å². The number of nitrogens with zero attached hydrogens (tertiary/aromatic N) is 1. The second-order valence-corrected chi connectivity index (χ2v) is 8.38. The Bertz CT molecular complexity index is 1360. The molecule has 0 saturated carbocycles. The van der Waals surface area contributed by atoms with Crippen molar-refractivity contribution in [3.63, 3.8) is 0 Å². The van der Waals surface area contributed by atoms with Crippen LogP contribution in [0.4, 0.5) is 0 Å². The summed E-state index contributed by atoms with van der Waals surface area (Å²) in [6.45, 7) is 0.947. The molecule has 182 valence electrons. The molecule has 3 aromatic rings. The van der Waals surface area contributed by atoms with Crippen LogP contribution in [0.5, 0.6) is 11.5 Å². The molecule has 2 heterocycles. The molecule has 0 aromatic heterocycles. The van der Waals surface area contributed by atoms with Gasteiger partial charge in [-0.25, -0.2) is 4.79 Å². The number of Topliss-reactive ketones (excluding diaryl/α,β-unsaturated/α-hetero) is 1. The molecule has 1 unspecified atom stereocenters. The Morgan fingerprint density at radius 1 is 0.944 bits per heavy atom. The molecular formula is C28H23NO7. The zero-order valence-electron chi connectivity index (χ0n) is 19.5. The van der Waals surface area contributed by atoms with E-state index in [0.717, 1.165) is 5.56 Å². The lowest BCUT2D eigenvalue weighted by molar-refractivity contribution is -0.140. The van der Waals surface area contributed by atoms with Crippen LogP contribution >= 0.6 is 0 Å². The number of ketones is 1. The minimum Gasteiger partial charge on any atom is -0.507 e. The zero-order valence-corrected chi connectivity index (χ0v) is 19.5. The molecular weight excluding hydrogens is 462 g/mol. The summed E-state index contributed by atoms with van der Waals surface area (Å²) in [4.78, 5) is 39.8. The van der Waals surface area contributed by atoms with Gasteiger partial charge in [-0.2, -0.15) is 0 Å². The van der Waals surface area contributed by atoms with E-state index in [1.807, 2.05) is 30.3 Å². The summed E-state index contributed by atoms with van der Waals surface area (Å²) < 4.78 is 15.9. The highest BCUT2D eigenvalue weighted by molar-refractivity contribution is 6.46. The van der Waals surface area contributed by atoms with Crippen LogP contribution in [0.3, 0.4) is 0 Å². The monoisotopic (exact) mass is 485 g/mol. The number of carbonyl (C=O) groups is 3. The lowest BCUT2D eigenvalue weighted by Crippen LogP contribution is -2.29. The van der Waals surface area contributed by atoms with Gasteiger partial charge in [0.2, 0.25) is 0 Å². The van der Waals surface area contributed by atoms with E-state index in [1.165, 1.54) is 12.0 Å². The van der Waals surface area contributed by atoms with Gasteiger partial charge in [-0.15, -0.1) is 0 Å². The van der Waals surface area contributed by atoms with Crippen LogP contribution in [0.1, 0.15) is 33.1 Å². The van der Waals surface area contributed by atoms with E-state index in [4.69, 9.17) is 14.2 Å². The van der Waals surface area contributed by atoms with Crippen LogP contribution in [-0.4, -0.2) is 48.0 Å². The minimum absolute atomic E-state index is 0.0431. The molecule has 1 N–H and O–H groups in total. The van der Waals surface area contributed by atoms with Crippen molar-refractivity contribution >= 4 is 23.4 Å². The number of amides is 1. The summed E-state index contributed by atoms with van der Waals surface area (Å²) in [5.41, 5.74) is 2.01. The van der Waals surface area contributed by atoms with Crippen molar-refractivity contribution in [3.05, 3.63) is 101 Å². The smallest absolute Gasteiger partial charge is 0.337 e. The fraction of sp³-hybridized carbons (Fsp3) is 0.179. The lowest BCUT2D eigenvalue weighted by atomic mass is 9.94. The number of esters is 1. The van der Waals surface area contributed by atoms with Crippen molar-refractivity contribution in [2.45, 2.75) is 12.6 Å². The summed E-state index contributed by atoms with van der Waals surface area (Å²) in [6.07, 6.45) is 0. The molecule has 1 fully saturated rings. The van der Waals surface area contributed by atoms with Crippen molar-refractivity contribution in [2.24, 2.45) is 0 Å². The maximum atomic E-state index is 13.3. The summed E-state index contributed by atoms with van der Waals surface area (Å²) in [5.74, 6) is -1.35. The number of likely N-dealkylation sites (tertiary alicyclic amines) is 1. The SMILES string of the molecule is COC(=O)c1ccc(C2/C(=C(\O)c3ccc4c(c3)OCCO4)C(=O)C(=O)N2Cc2ccccc2)cc1. The van der Waals surface area contributed by atoms with E-state index < -0.39 is 23.7 Å². The Labute approximate surface area is 207 Å². The van der Waals surface area contributed by atoms with Crippen molar-refractivity contribution in [2.75, 3.05) is 20.3 Å². The summed E-state index contributed by atoms with van der Waals surface area (Å²) >= 11 is 0. The van der Waals surface area contributed by atoms with Gasteiger partial charge in [0.05, 0.1) is 24.3 Å². The third-order valence-corrected chi connectivity index (χ3v) is 6.20. The highest BCUT2D eigenvalue weighted by atomic mass is 16.6. The van der Waals surface area contributed by atoms with E-state index >= 15 is 0 Å². The Morgan fingerprint density at radius 2 is 1.61 bits per heavy atom. The molecule has 2 aliphatic heterocycles. The molecule has 2 aliphatic rings. The molecule has 1 atom stereocenters. The molecule has 3 aromatic carbocycles. The third-order valence-electron chi connectivity index (χ3n) is 6.20.